The van der Waals surface area contributed by atoms with Crippen LogP contribution in [-0.4, -0.2) is 69.0 Å². The second-order valence-electron chi connectivity index (χ2n) is 18.9. The first-order chi connectivity index (χ1) is 30.5. The number of aryl methyl sites for hydroxylation is 1. The Hall–Kier alpha value is -5.03. The van der Waals surface area contributed by atoms with Crippen molar-refractivity contribution >= 4 is 22.4 Å². The summed E-state index contributed by atoms with van der Waals surface area (Å²) in [5, 5.41) is 27.3. The van der Waals surface area contributed by atoms with Crippen LogP contribution in [0, 0.1) is 30.6 Å². The van der Waals surface area contributed by atoms with Crippen LogP contribution < -0.4 is 9.47 Å². The van der Waals surface area contributed by atoms with Crippen molar-refractivity contribution in [2.75, 3.05) is 19.8 Å². The predicted octanol–water partition coefficient (Wildman–Crippen LogP) is 9.99. The predicted molar refractivity (Wildman–Crippen MR) is 246 cm³/mol. The molecule has 3 aliphatic carbocycles. The van der Waals surface area contributed by atoms with E-state index in [1.54, 1.807) is 6.08 Å². The van der Waals surface area contributed by atoms with E-state index in [1.807, 2.05) is 64.1 Å². The number of ether oxygens (including phenoxy) is 3. The smallest absolute Gasteiger partial charge is 0.239 e. The number of aliphatic hydroxyl groups is 2. The number of carbonyl (C=O) groups excluding carboxylic acids is 1. The molecule has 4 aliphatic rings. The first-order valence-corrected chi connectivity index (χ1v) is 23.1. The first-order valence-electron chi connectivity index (χ1n) is 23.1. The molecule has 3 aromatic carbocycles. The van der Waals surface area contributed by atoms with Gasteiger partial charge in [0.2, 0.25) is 11.7 Å². The Balaban J connectivity index is 1.34. The van der Waals surface area contributed by atoms with Crippen molar-refractivity contribution in [3.8, 4) is 11.5 Å². The first kappa shape index (κ1) is 44.6. The highest BCUT2D eigenvalue weighted by atomic mass is 16.7. The van der Waals surface area contributed by atoms with Crippen LogP contribution in [0.2, 0.25) is 0 Å². The number of hydrogen-bond acceptors (Lipinski definition) is 9. The third-order valence-corrected chi connectivity index (χ3v) is 13.2. The normalized spacial score (nSPS) is 24.5. The summed E-state index contributed by atoms with van der Waals surface area (Å²) in [6.07, 6.45) is 11.0. The Labute approximate surface area is 373 Å². The van der Waals surface area contributed by atoms with Crippen molar-refractivity contribution in [1.82, 2.24) is 9.88 Å². The van der Waals surface area contributed by atoms with Crippen LogP contribution in [0.4, 0.5) is 0 Å². The van der Waals surface area contributed by atoms with Gasteiger partial charge in [0.05, 0.1) is 23.9 Å². The Bertz CT molecular complexity index is 2310. The van der Waals surface area contributed by atoms with Crippen molar-refractivity contribution < 1.29 is 34.1 Å². The number of carbonyl (C=O) groups is 1. The maximum absolute atomic E-state index is 15.1. The van der Waals surface area contributed by atoms with E-state index in [-0.39, 0.29) is 49.4 Å². The summed E-state index contributed by atoms with van der Waals surface area (Å²) in [5.74, 6) is -0.271. The Kier molecular flexibility index (Phi) is 13.7. The molecule has 4 aromatic rings. The van der Waals surface area contributed by atoms with Crippen molar-refractivity contribution in [2.45, 2.75) is 122 Å². The van der Waals surface area contributed by atoms with Gasteiger partial charge in [0.25, 0.3) is 0 Å². The van der Waals surface area contributed by atoms with Gasteiger partial charge in [-0.05, 0) is 130 Å². The number of unbranched alkanes of at least 4 members (excludes halogenated alkanes) is 2. The third-order valence-electron chi connectivity index (χ3n) is 13.2. The zero-order valence-electron chi connectivity index (χ0n) is 37.5. The molecule has 0 bridgehead atoms. The van der Waals surface area contributed by atoms with Crippen LogP contribution in [0.3, 0.4) is 0 Å². The number of fused-ring (bicyclic) bond motifs is 3. The van der Waals surface area contributed by atoms with E-state index in [1.165, 1.54) is 0 Å². The number of hydrogen-bond donors (Lipinski definition) is 2. The highest BCUT2D eigenvalue weighted by molar-refractivity contribution is 6.03. The summed E-state index contributed by atoms with van der Waals surface area (Å²) in [4.78, 5) is 28.2. The van der Waals surface area contributed by atoms with Gasteiger partial charge in [0, 0.05) is 49.3 Å². The maximum Gasteiger partial charge on any atom is 0.239 e. The lowest BCUT2D eigenvalue weighted by molar-refractivity contribution is -0.258. The molecule has 63 heavy (non-hydrogen) atoms. The Morgan fingerprint density at radius 2 is 1.75 bits per heavy atom. The number of allylic oxidation sites excluding steroid dienone is 1. The quantitative estimate of drug-likeness (QED) is 0.0543. The average molecular weight is 856 g/mol. The fraction of sp³-hybridized carbons (Fsp3) is 0.491. The largest absolute Gasteiger partial charge is 0.487 e. The zero-order valence-corrected chi connectivity index (χ0v) is 37.5. The summed E-state index contributed by atoms with van der Waals surface area (Å²) < 4.78 is 21.3. The number of aromatic nitrogens is 1. The number of amides is 1. The molecule has 6 atom stereocenters. The molecule has 1 aliphatic heterocycles. The lowest BCUT2D eigenvalue weighted by atomic mass is 9.55. The van der Waals surface area contributed by atoms with Crippen LogP contribution in [0.1, 0.15) is 107 Å². The molecule has 2 fully saturated rings. The fourth-order valence-electron chi connectivity index (χ4n) is 10.3. The molecule has 10 nitrogen and oxygen atoms in total. The molecule has 0 saturated heterocycles. The summed E-state index contributed by atoms with van der Waals surface area (Å²) in [6, 6.07) is 26.1. The molecule has 10 heteroatoms. The van der Waals surface area contributed by atoms with Gasteiger partial charge in [0.15, 0.2) is 0 Å². The number of pyridine rings is 1. The molecule has 2 saturated carbocycles. The SMILES string of the molecule is C=CCOC12Oc3ccc(OCc4cccc(C)n4)cc3C3C(CCCCO)C(CCCCO)C=C(C(=NOC(C)(C)C)CC1N(Cc1cccc4ccccc14)C(=O)C1CC1)C32. The number of benzene rings is 3. The summed E-state index contributed by atoms with van der Waals surface area (Å²) >= 11 is 0. The lowest BCUT2D eigenvalue weighted by Gasteiger charge is -2.60. The molecular formula is C53H65N3O7. The van der Waals surface area contributed by atoms with E-state index in [0.717, 1.165) is 83.1 Å². The molecule has 0 spiro atoms. The molecule has 2 N–H and O–H groups in total. The Morgan fingerprint density at radius 1 is 0.984 bits per heavy atom. The highest BCUT2D eigenvalue weighted by Gasteiger charge is 2.66. The van der Waals surface area contributed by atoms with Gasteiger partial charge >= 0.3 is 0 Å². The van der Waals surface area contributed by atoms with Gasteiger partial charge in [-0.1, -0.05) is 78.7 Å². The van der Waals surface area contributed by atoms with Crippen LogP contribution in [0.5, 0.6) is 11.5 Å². The summed E-state index contributed by atoms with van der Waals surface area (Å²) in [6.45, 7) is 13.2. The molecule has 1 aromatic heterocycles. The fourth-order valence-corrected chi connectivity index (χ4v) is 10.3. The van der Waals surface area contributed by atoms with E-state index in [9.17, 15) is 10.2 Å². The van der Waals surface area contributed by atoms with Gasteiger partial charge in [-0.3, -0.25) is 9.78 Å². The lowest BCUT2D eigenvalue weighted by Crippen LogP contribution is -2.70. The second kappa shape index (κ2) is 19.4. The van der Waals surface area contributed by atoms with E-state index in [2.05, 4.69) is 65.0 Å². The number of aliphatic hydroxyl groups excluding tert-OH is 2. The van der Waals surface area contributed by atoms with Crippen LogP contribution in [0.25, 0.3) is 10.8 Å². The molecule has 6 unspecified atom stereocenters. The van der Waals surface area contributed by atoms with E-state index in [4.69, 9.17) is 24.2 Å². The standard InChI is InChI=1S/C53H65N3O7/c1-6-29-61-53-48(56(51(59)37-23-24-37)33-39-19-14-18-36-16-7-8-21-42(36)39)32-46(55-63-52(3,4)5)44-30-38(17-9-11-27-57)43(22-10-12-28-58)49(50(44)53)45-31-41(25-26-47(45)62-53)60-34-40-20-13-15-35(2)54-40/h6-8,13-16,18-21,25-26,30-31,37-38,43,48-50,57-58H,1,9-12,17,22-24,27-29,32-34H2,2-5H3. The minimum Gasteiger partial charge on any atom is -0.487 e. The summed E-state index contributed by atoms with van der Waals surface area (Å²) in [5.41, 5.74) is 5.08. The number of rotatable bonds is 19. The monoisotopic (exact) mass is 855 g/mol. The van der Waals surface area contributed by atoms with Gasteiger partial charge in [-0.15, -0.1) is 6.58 Å². The topological polar surface area (TPSA) is 123 Å². The third kappa shape index (κ3) is 9.74. The molecule has 334 valence electrons. The van der Waals surface area contributed by atoms with Crippen molar-refractivity contribution in [3.05, 3.63) is 126 Å². The molecule has 0 radical (unpaired) electrons. The maximum atomic E-state index is 15.1. The van der Waals surface area contributed by atoms with E-state index < -0.39 is 23.3 Å². The van der Waals surface area contributed by atoms with Crippen molar-refractivity contribution in [1.29, 1.82) is 0 Å². The minimum atomic E-state index is -1.34. The number of nitrogens with zero attached hydrogens (tertiary/aromatic N) is 3. The molecule has 8 rings (SSSR count). The van der Waals surface area contributed by atoms with E-state index in [0.29, 0.717) is 43.9 Å². The van der Waals surface area contributed by atoms with Crippen molar-refractivity contribution in [3.63, 3.8) is 0 Å². The second-order valence-corrected chi connectivity index (χ2v) is 18.9. The Morgan fingerprint density at radius 3 is 2.49 bits per heavy atom. The van der Waals surface area contributed by atoms with E-state index >= 15 is 4.79 Å². The minimum absolute atomic E-state index is 0.0812. The van der Waals surface area contributed by atoms with Gasteiger partial charge < -0.3 is 34.2 Å². The average Bonchev–Trinajstić information content (AvgIpc) is 4.13. The molecular weight excluding hydrogens is 791 g/mol. The van der Waals surface area contributed by atoms with Gasteiger partial charge in [-0.2, -0.15) is 0 Å². The van der Waals surface area contributed by atoms with Gasteiger partial charge in [0.1, 0.15) is 29.7 Å². The number of oxime groups is 1. The van der Waals surface area contributed by atoms with Crippen LogP contribution >= 0.6 is 0 Å². The van der Waals surface area contributed by atoms with Crippen LogP contribution in [-0.2, 0) is 27.5 Å². The van der Waals surface area contributed by atoms with Gasteiger partial charge in [-0.25, -0.2) is 0 Å². The van der Waals surface area contributed by atoms with Crippen LogP contribution in [0.15, 0.2) is 108 Å². The molecule has 2 heterocycles. The highest BCUT2D eigenvalue weighted by Crippen LogP contribution is 2.62. The molecule has 1 amide bonds. The van der Waals surface area contributed by atoms with Crippen molar-refractivity contribution in [2.24, 2.45) is 28.8 Å². The summed E-state index contributed by atoms with van der Waals surface area (Å²) in [7, 11) is 0. The zero-order chi connectivity index (χ0) is 44.1.